The molecule has 0 spiro atoms. The summed E-state index contributed by atoms with van der Waals surface area (Å²) in [6.07, 6.45) is 0.792. The summed E-state index contributed by atoms with van der Waals surface area (Å²) in [5.41, 5.74) is 2.52. The molecule has 0 radical (unpaired) electrons. The van der Waals surface area contributed by atoms with E-state index in [1.165, 1.54) is 6.07 Å². The lowest BCUT2D eigenvalue weighted by Crippen LogP contribution is -2.24. The van der Waals surface area contributed by atoms with Gasteiger partial charge >= 0.3 is 0 Å². The highest BCUT2D eigenvalue weighted by atomic mass is 35.5. The van der Waals surface area contributed by atoms with Crippen LogP contribution in [0.1, 0.15) is 11.1 Å². The fraction of sp³-hybridized carbons (Fsp3) is 0.250. The minimum atomic E-state index is -0.233. The van der Waals surface area contributed by atoms with Gasteiger partial charge in [0.1, 0.15) is 17.7 Å². The van der Waals surface area contributed by atoms with Gasteiger partial charge in [0.05, 0.1) is 12.2 Å². The van der Waals surface area contributed by atoms with Gasteiger partial charge in [0.2, 0.25) is 0 Å². The molecule has 104 valence electrons. The molecule has 0 aliphatic carbocycles. The van der Waals surface area contributed by atoms with Crippen LogP contribution in [0, 0.1) is 12.7 Å². The Morgan fingerprint density at radius 2 is 2.15 bits per heavy atom. The van der Waals surface area contributed by atoms with Crippen LogP contribution in [0.4, 0.5) is 10.1 Å². The van der Waals surface area contributed by atoms with Crippen molar-refractivity contribution < 1.29 is 9.13 Å². The third-order valence-corrected chi connectivity index (χ3v) is 3.64. The molecule has 4 heteroatoms. The molecule has 0 saturated heterocycles. The summed E-state index contributed by atoms with van der Waals surface area (Å²) in [5, 5.41) is 3.81. The number of ether oxygens (including phenoxy) is 1. The minimum absolute atomic E-state index is 0.00386. The maximum atomic E-state index is 13.7. The Morgan fingerprint density at radius 1 is 1.30 bits per heavy atom. The standard InChI is InChI=1S/C16H15ClFNO/c1-10-2-4-15(14(18)6-10)19-9-13-8-11-7-12(17)3-5-16(11)20-13/h2-7,13,19H,8-9H2,1H3. The molecule has 0 fully saturated rings. The average Bonchev–Trinajstić information content (AvgIpc) is 2.79. The largest absolute Gasteiger partial charge is 0.488 e. The first-order valence-electron chi connectivity index (χ1n) is 6.57. The molecule has 0 amide bonds. The van der Waals surface area contributed by atoms with Crippen LogP contribution < -0.4 is 10.1 Å². The van der Waals surface area contributed by atoms with Crippen molar-refractivity contribution in [1.82, 2.24) is 0 Å². The van der Waals surface area contributed by atoms with E-state index in [0.717, 1.165) is 23.3 Å². The van der Waals surface area contributed by atoms with Gasteiger partial charge in [-0.2, -0.15) is 0 Å². The molecule has 2 aromatic rings. The Bertz CT molecular complexity index is 644. The molecule has 1 aliphatic rings. The van der Waals surface area contributed by atoms with Gasteiger partial charge in [-0.3, -0.25) is 0 Å². The maximum absolute atomic E-state index is 13.7. The van der Waals surface area contributed by atoms with Gasteiger partial charge in [-0.1, -0.05) is 17.7 Å². The molecule has 3 rings (SSSR count). The number of fused-ring (bicyclic) bond motifs is 1. The summed E-state index contributed by atoms with van der Waals surface area (Å²) in [4.78, 5) is 0. The zero-order valence-electron chi connectivity index (χ0n) is 11.1. The van der Waals surface area contributed by atoms with Crippen LogP contribution in [0.25, 0.3) is 0 Å². The SMILES string of the molecule is Cc1ccc(NCC2Cc3cc(Cl)ccc3O2)c(F)c1. The fourth-order valence-electron chi connectivity index (χ4n) is 2.39. The van der Waals surface area contributed by atoms with Crippen LogP contribution in [0.15, 0.2) is 36.4 Å². The second-order valence-electron chi connectivity index (χ2n) is 5.06. The van der Waals surface area contributed by atoms with E-state index in [-0.39, 0.29) is 11.9 Å². The number of nitrogens with one attached hydrogen (secondary N) is 1. The van der Waals surface area contributed by atoms with E-state index >= 15 is 0 Å². The molecule has 1 atom stereocenters. The van der Waals surface area contributed by atoms with E-state index in [9.17, 15) is 4.39 Å². The second-order valence-corrected chi connectivity index (χ2v) is 5.50. The molecule has 0 aromatic heterocycles. The Hall–Kier alpha value is -1.74. The quantitative estimate of drug-likeness (QED) is 0.915. The van der Waals surface area contributed by atoms with Gasteiger partial charge in [0.15, 0.2) is 0 Å². The molecule has 1 N–H and O–H groups in total. The molecule has 2 aromatic carbocycles. The number of hydrogen-bond donors (Lipinski definition) is 1. The molecule has 1 heterocycles. The van der Waals surface area contributed by atoms with Gasteiger partial charge in [-0.05, 0) is 48.4 Å². The van der Waals surface area contributed by atoms with Crippen molar-refractivity contribution in [1.29, 1.82) is 0 Å². The minimum Gasteiger partial charge on any atom is -0.488 e. The summed E-state index contributed by atoms with van der Waals surface area (Å²) >= 11 is 5.96. The van der Waals surface area contributed by atoms with Gasteiger partial charge in [0, 0.05) is 11.4 Å². The molecule has 2 nitrogen and oxygen atoms in total. The van der Waals surface area contributed by atoms with E-state index < -0.39 is 0 Å². The Labute approximate surface area is 122 Å². The van der Waals surface area contributed by atoms with Crippen molar-refractivity contribution in [3.8, 4) is 5.75 Å². The van der Waals surface area contributed by atoms with Crippen LogP contribution in [0.2, 0.25) is 5.02 Å². The zero-order chi connectivity index (χ0) is 14.1. The van der Waals surface area contributed by atoms with Crippen molar-refractivity contribution in [2.24, 2.45) is 0 Å². The highest BCUT2D eigenvalue weighted by Gasteiger charge is 2.22. The van der Waals surface area contributed by atoms with Gasteiger partial charge in [-0.25, -0.2) is 4.39 Å². The zero-order valence-corrected chi connectivity index (χ0v) is 11.9. The monoisotopic (exact) mass is 291 g/mol. The lowest BCUT2D eigenvalue weighted by molar-refractivity contribution is 0.246. The van der Waals surface area contributed by atoms with Gasteiger partial charge in [0.25, 0.3) is 0 Å². The van der Waals surface area contributed by atoms with E-state index in [1.807, 2.05) is 31.2 Å². The molecule has 20 heavy (non-hydrogen) atoms. The van der Waals surface area contributed by atoms with E-state index in [1.54, 1.807) is 6.07 Å². The molecule has 1 unspecified atom stereocenters. The molecular formula is C16H15ClFNO. The Morgan fingerprint density at radius 3 is 2.95 bits per heavy atom. The molecular weight excluding hydrogens is 277 g/mol. The Balaban J connectivity index is 1.63. The molecule has 0 bridgehead atoms. The molecule has 0 saturated carbocycles. The molecule has 1 aliphatic heterocycles. The van der Waals surface area contributed by atoms with Crippen molar-refractivity contribution in [2.75, 3.05) is 11.9 Å². The lowest BCUT2D eigenvalue weighted by atomic mass is 10.1. The fourth-order valence-corrected chi connectivity index (χ4v) is 2.58. The second kappa shape index (κ2) is 5.33. The highest BCUT2D eigenvalue weighted by Crippen LogP contribution is 2.31. The van der Waals surface area contributed by atoms with Crippen molar-refractivity contribution in [3.05, 3.63) is 58.4 Å². The summed E-state index contributed by atoms with van der Waals surface area (Å²) in [6, 6.07) is 10.8. The first-order valence-corrected chi connectivity index (χ1v) is 6.95. The smallest absolute Gasteiger partial charge is 0.146 e. The lowest BCUT2D eigenvalue weighted by Gasteiger charge is -2.13. The average molecular weight is 292 g/mol. The van der Waals surface area contributed by atoms with Crippen LogP contribution in [-0.4, -0.2) is 12.6 Å². The van der Waals surface area contributed by atoms with Crippen molar-refractivity contribution in [3.63, 3.8) is 0 Å². The Kier molecular flexibility index (Phi) is 3.53. The number of aryl methyl sites for hydroxylation is 1. The van der Waals surface area contributed by atoms with E-state index in [4.69, 9.17) is 16.3 Å². The summed E-state index contributed by atoms with van der Waals surface area (Å²) in [7, 11) is 0. The number of hydrogen-bond acceptors (Lipinski definition) is 2. The summed E-state index contributed by atoms with van der Waals surface area (Å²) in [6.45, 7) is 2.43. The normalized spacial score (nSPS) is 16.6. The van der Waals surface area contributed by atoms with Crippen LogP contribution in [0.5, 0.6) is 5.75 Å². The third kappa shape index (κ3) is 2.73. The third-order valence-electron chi connectivity index (χ3n) is 3.41. The van der Waals surface area contributed by atoms with Crippen LogP contribution >= 0.6 is 11.6 Å². The number of halogens is 2. The number of benzene rings is 2. The predicted octanol–water partition coefficient (Wildman–Crippen LogP) is 4.20. The number of anilines is 1. The summed E-state index contributed by atoms with van der Waals surface area (Å²) in [5.74, 6) is 0.633. The first kappa shape index (κ1) is 13.3. The maximum Gasteiger partial charge on any atom is 0.146 e. The van der Waals surface area contributed by atoms with Gasteiger partial charge in [-0.15, -0.1) is 0 Å². The summed E-state index contributed by atoms with van der Waals surface area (Å²) < 4.78 is 19.5. The van der Waals surface area contributed by atoms with Gasteiger partial charge < -0.3 is 10.1 Å². The predicted molar refractivity (Wildman–Crippen MR) is 79.2 cm³/mol. The van der Waals surface area contributed by atoms with Crippen LogP contribution in [0.3, 0.4) is 0 Å². The number of rotatable bonds is 3. The van der Waals surface area contributed by atoms with E-state index in [0.29, 0.717) is 17.3 Å². The van der Waals surface area contributed by atoms with E-state index in [2.05, 4.69) is 5.32 Å². The van der Waals surface area contributed by atoms with Crippen molar-refractivity contribution in [2.45, 2.75) is 19.4 Å². The topological polar surface area (TPSA) is 21.3 Å². The van der Waals surface area contributed by atoms with Crippen LogP contribution in [-0.2, 0) is 6.42 Å². The van der Waals surface area contributed by atoms with Crippen molar-refractivity contribution >= 4 is 17.3 Å². The first-order chi connectivity index (χ1) is 9.61. The highest BCUT2D eigenvalue weighted by molar-refractivity contribution is 6.30.